The molecule has 0 bridgehead atoms. The van der Waals surface area contributed by atoms with Crippen molar-refractivity contribution < 1.29 is 18.4 Å². The zero-order valence-electron chi connectivity index (χ0n) is 13.5. The molecule has 1 aliphatic heterocycles. The molecule has 1 N–H and O–H groups in total. The van der Waals surface area contributed by atoms with Crippen molar-refractivity contribution in [1.82, 2.24) is 10.5 Å². The van der Waals surface area contributed by atoms with Crippen LogP contribution >= 0.6 is 0 Å². The molecule has 0 spiro atoms. The summed E-state index contributed by atoms with van der Waals surface area (Å²) >= 11 is 0. The number of rotatable bonds is 7. The first-order valence-electron chi connectivity index (χ1n) is 8.27. The first kappa shape index (κ1) is 16.6. The van der Waals surface area contributed by atoms with Crippen molar-refractivity contribution in [2.75, 3.05) is 19.8 Å². The Bertz CT molecular complexity index is 680. The number of ether oxygens (including phenoxy) is 1. The molecule has 1 aromatic carbocycles. The average molecular weight is 332 g/mol. The highest BCUT2D eigenvalue weighted by molar-refractivity contribution is 5.92. The zero-order chi connectivity index (χ0) is 16.8. The minimum Gasteiger partial charge on any atom is -0.381 e. The Hall–Kier alpha value is -2.21. The predicted octanol–water partition coefficient (Wildman–Crippen LogP) is 2.76. The Morgan fingerprint density at radius 1 is 1.33 bits per heavy atom. The second-order valence-electron chi connectivity index (χ2n) is 6.06. The van der Waals surface area contributed by atoms with Crippen molar-refractivity contribution in [2.24, 2.45) is 5.92 Å². The topological polar surface area (TPSA) is 64.4 Å². The van der Waals surface area contributed by atoms with Crippen molar-refractivity contribution in [3.63, 3.8) is 0 Å². The molecule has 24 heavy (non-hydrogen) atoms. The summed E-state index contributed by atoms with van der Waals surface area (Å²) in [5, 5.41) is 6.66. The maximum Gasteiger partial charge on any atom is 0.273 e. The van der Waals surface area contributed by atoms with E-state index in [1.54, 1.807) is 18.2 Å². The van der Waals surface area contributed by atoms with E-state index in [-0.39, 0.29) is 17.4 Å². The van der Waals surface area contributed by atoms with Crippen molar-refractivity contribution in [1.29, 1.82) is 0 Å². The predicted molar refractivity (Wildman–Crippen MR) is 86.2 cm³/mol. The van der Waals surface area contributed by atoms with Gasteiger partial charge in [0.05, 0.1) is 6.61 Å². The summed E-state index contributed by atoms with van der Waals surface area (Å²) in [4.78, 5) is 12.0. The number of carbonyl (C=O) groups excluding carboxylic acids is 1. The smallest absolute Gasteiger partial charge is 0.273 e. The van der Waals surface area contributed by atoms with Crippen LogP contribution in [0.2, 0.25) is 0 Å². The third kappa shape index (κ3) is 4.41. The van der Waals surface area contributed by atoms with Crippen LogP contribution in [0.5, 0.6) is 0 Å². The lowest BCUT2D eigenvalue weighted by molar-refractivity contribution is 0.0936. The van der Waals surface area contributed by atoms with Gasteiger partial charge in [-0.3, -0.25) is 4.79 Å². The normalized spacial score (nSPS) is 17.1. The van der Waals surface area contributed by atoms with Gasteiger partial charge in [-0.1, -0.05) is 23.4 Å². The molecule has 1 aromatic heterocycles. The summed E-state index contributed by atoms with van der Waals surface area (Å²) in [5.74, 6) is 0.596. The van der Waals surface area contributed by atoms with Crippen LogP contribution in [-0.4, -0.2) is 30.8 Å². The lowest BCUT2D eigenvalue weighted by Gasteiger charge is -2.07. The van der Waals surface area contributed by atoms with Gasteiger partial charge in [-0.05, 0) is 30.9 Å². The van der Waals surface area contributed by atoms with E-state index < -0.39 is 0 Å². The monoisotopic (exact) mass is 332 g/mol. The Labute approximate surface area is 140 Å². The Morgan fingerprint density at radius 3 is 3.00 bits per heavy atom. The number of hydrogen-bond acceptors (Lipinski definition) is 4. The SMILES string of the molecule is O=C(NCC1CCOC1)c1cc(CCCc2ccccc2F)on1. The Balaban J connectivity index is 1.44. The summed E-state index contributed by atoms with van der Waals surface area (Å²) in [6, 6.07) is 8.40. The van der Waals surface area contributed by atoms with Crippen LogP contribution < -0.4 is 5.32 Å². The number of aromatic nitrogens is 1. The fourth-order valence-corrected chi connectivity index (χ4v) is 2.76. The highest BCUT2D eigenvalue weighted by atomic mass is 19.1. The summed E-state index contributed by atoms with van der Waals surface area (Å²) < 4.78 is 24.0. The van der Waals surface area contributed by atoms with Crippen LogP contribution in [0, 0.1) is 11.7 Å². The van der Waals surface area contributed by atoms with Crippen molar-refractivity contribution in [3.05, 3.63) is 53.2 Å². The van der Waals surface area contributed by atoms with Crippen molar-refractivity contribution in [3.8, 4) is 0 Å². The molecular weight excluding hydrogens is 311 g/mol. The van der Waals surface area contributed by atoms with Gasteiger partial charge in [0.1, 0.15) is 11.6 Å². The lowest BCUT2D eigenvalue weighted by Crippen LogP contribution is -2.29. The molecule has 128 valence electrons. The summed E-state index contributed by atoms with van der Waals surface area (Å²) in [7, 11) is 0. The number of aryl methyl sites for hydroxylation is 2. The van der Waals surface area contributed by atoms with Crippen molar-refractivity contribution in [2.45, 2.75) is 25.7 Å². The molecule has 1 amide bonds. The fraction of sp³-hybridized carbons (Fsp3) is 0.444. The van der Waals surface area contributed by atoms with E-state index in [4.69, 9.17) is 9.26 Å². The summed E-state index contributed by atoms with van der Waals surface area (Å²) in [5.41, 5.74) is 0.976. The van der Waals surface area contributed by atoms with Gasteiger partial charge >= 0.3 is 0 Å². The third-order valence-electron chi connectivity index (χ3n) is 4.19. The van der Waals surface area contributed by atoms with Crippen LogP contribution in [0.3, 0.4) is 0 Å². The van der Waals surface area contributed by atoms with Gasteiger partial charge in [-0.25, -0.2) is 4.39 Å². The molecule has 1 fully saturated rings. The molecule has 1 aliphatic rings. The lowest BCUT2D eigenvalue weighted by atomic mass is 10.1. The first-order valence-corrected chi connectivity index (χ1v) is 8.27. The minimum absolute atomic E-state index is 0.189. The standard InChI is InChI=1S/C18H21FN2O3/c19-16-7-2-1-4-14(16)5-3-6-15-10-17(21-24-15)18(22)20-11-13-8-9-23-12-13/h1-2,4,7,10,13H,3,5-6,8-9,11-12H2,(H,20,22). The van der Waals surface area contributed by atoms with Gasteiger partial charge in [-0.15, -0.1) is 0 Å². The van der Waals surface area contributed by atoms with E-state index >= 15 is 0 Å². The number of nitrogens with zero attached hydrogens (tertiary/aromatic N) is 1. The molecule has 1 atom stereocenters. The molecule has 0 radical (unpaired) electrons. The second kappa shape index (κ2) is 8.06. The quantitative estimate of drug-likeness (QED) is 0.847. The van der Waals surface area contributed by atoms with E-state index in [9.17, 15) is 9.18 Å². The second-order valence-corrected chi connectivity index (χ2v) is 6.06. The largest absolute Gasteiger partial charge is 0.381 e. The number of nitrogens with one attached hydrogen (secondary N) is 1. The Morgan fingerprint density at radius 2 is 2.21 bits per heavy atom. The van der Waals surface area contributed by atoms with Gasteiger partial charge in [0.2, 0.25) is 0 Å². The number of halogens is 1. The molecule has 0 saturated carbocycles. The molecule has 2 aromatic rings. The molecule has 0 aliphatic carbocycles. The molecular formula is C18H21FN2O3. The minimum atomic E-state index is -0.231. The third-order valence-corrected chi connectivity index (χ3v) is 4.19. The van der Waals surface area contributed by atoms with Gasteiger partial charge in [0.25, 0.3) is 5.91 Å². The zero-order valence-corrected chi connectivity index (χ0v) is 13.5. The molecule has 1 unspecified atom stereocenters. The molecule has 3 rings (SSSR count). The average Bonchev–Trinajstić information content (AvgIpc) is 3.26. The highest BCUT2D eigenvalue weighted by Gasteiger charge is 2.18. The van der Waals surface area contributed by atoms with Crippen LogP contribution in [0.15, 0.2) is 34.9 Å². The van der Waals surface area contributed by atoms with Gasteiger partial charge < -0.3 is 14.6 Å². The van der Waals surface area contributed by atoms with Crippen LogP contribution in [0.25, 0.3) is 0 Å². The Kier molecular flexibility index (Phi) is 5.59. The summed E-state index contributed by atoms with van der Waals surface area (Å²) in [6.45, 7) is 2.05. The van der Waals surface area contributed by atoms with Crippen molar-refractivity contribution >= 4 is 5.91 Å². The number of amides is 1. The number of benzene rings is 1. The van der Waals surface area contributed by atoms with Crippen LogP contribution in [0.1, 0.15) is 34.7 Å². The van der Waals surface area contributed by atoms with E-state index in [2.05, 4.69) is 10.5 Å². The first-order chi connectivity index (χ1) is 11.7. The number of carbonyl (C=O) groups is 1. The molecule has 1 saturated heterocycles. The van der Waals surface area contributed by atoms with Gasteiger partial charge in [0.15, 0.2) is 5.69 Å². The molecule has 2 heterocycles. The van der Waals surface area contributed by atoms with E-state index in [0.29, 0.717) is 43.2 Å². The highest BCUT2D eigenvalue weighted by Crippen LogP contribution is 2.13. The molecule has 6 heteroatoms. The van der Waals surface area contributed by atoms with Crippen LogP contribution in [-0.2, 0) is 17.6 Å². The van der Waals surface area contributed by atoms with Gasteiger partial charge in [0, 0.05) is 31.6 Å². The van der Waals surface area contributed by atoms with E-state index in [1.165, 1.54) is 6.07 Å². The van der Waals surface area contributed by atoms with Gasteiger partial charge in [-0.2, -0.15) is 0 Å². The fourth-order valence-electron chi connectivity index (χ4n) is 2.76. The van der Waals surface area contributed by atoms with E-state index in [0.717, 1.165) is 19.4 Å². The summed E-state index contributed by atoms with van der Waals surface area (Å²) in [6.07, 6.45) is 2.94. The van der Waals surface area contributed by atoms with Crippen LogP contribution in [0.4, 0.5) is 4.39 Å². The molecule has 5 nitrogen and oxygen atoms in total. The number of hydrogen-bond donors (Lipinski definition) is 1. The maximum atomic E-state index is 13.5. The maximum absolute atomic E-state index is 13.5. The van der Waals surface area contributed by atoms with E-state index in [1.807, 2.05) is 6.07 Å².